The molecule has 1 heterocycles. The Balaban J connectivity index is 1.85. The van der Waals surface area contributed by atoms with Gasteiger partial charge in [0, 0.05) is 0 Å². The highest BCUT2D eigenvalue weighted by atomic mass is 16.4. The molecule has 0 bridgehead atoms. The van der Waals surface area contributed by atoms with Gasteiger partial charge in [0.15, 0.2) is 0 Å². The van der Waals surface area contributed by atoms with E-state index in [2.05, 4.69) is 5.32 Å². The number of hydrogen-bond donors (Lipinski definition) is 3. The van der Waals surface area contributed by atoms with E-state index in [-0.39, 0.29) is 20.0 Å². The third kappa shape index (κ3) is 3.75. The van der Waals surface area contributed by atoms with Crippen molar-refractivity contribution in [3.63, 3.8) is 0 Å². The van der Waals surface area contributed by atoms with Gasteiger partial charge in [-0.05, 0) is 24.3 Å². The Morgan fingerprint density at radius 2 is 1.15 bits per heavy atom. The molecule has 1 aliphatic rings. The van der Waals surface area contributed by atoms with Crippen LogP contribution >= 0.6 is 0 Å². The first kappa shape index (κ1) is 17.7. The molecule has 2 amide bonds. The molecule has 0 aromatic heterocycles. The van der Waals surface area contributed by atoms with Gasteiger partial charge in [-0.15, -0.1) is 0 Å². The molecule has 1 saturated heterocycles. The second kappa shape index (κ2) is 7.83. The van der Waals surface area contributed by atoms with Gasteiger partial charge in [0.05, 0.1) is 31.4 Å². The van der Waals surface area contributed by atoms with Crippen LogP contribution in [0.3, 0.4) is 0 Å². The van der Waals surface area contributed by atoms with E-state index in [1.54, 1.807) is 60.7 Å². The maximum absolute atomic E-state index is 11.8. The Labute approximate surface area is 150 Å². The standard InChI is InChI=1S/C17H19N5O4/c23-16(24)21(14-7-3-1-4-8-14)19-11-18-12-20(13-19)22(17(25)26)15-9-5-2-6-10-15/h1-10,18H,11-13H2,(H,23,24)(H,25,26). The molecule has 1 fully saturated rings. The largest absolute Gasteiger partial charge is 0.464 e. The van der Waals surface area contributed by atoms with E-state index in [9.17, 15) is 19.8 Å². The molecule has 0 atom stereocenters. The predicted octanol–water partition coefficient (Wildman–Crippen LogP) is 2.27. The Morgan fingerprint density at radius 3 is 1.50 bits per heavy atom. The van der Waals surface area contributed by atoms with Crippen molar-refractivity contribution in [3.8, 4) is 0 Å². The number of nitrogens with zero attached hydrogens (tertiary/aromatic N) is 4. The highest BCUT2D eigenvalue weighted by Crippen LogP contribution is 2.21. The fourth-order valence-corrected chi connectivity index (χ4v) is 2.79. The number of anilines is 2. The summed E-state index contributed by atoms with van der Waals surface area (Å²) in [5, 5.41) is 27.5. The summed E-state index contributed by atoms with van der Waals surface area (Å²) in [4.78, 5) is 23.6. The van der Waals surface area contributed by atoms with Crippen LogP contribution in [0, 0.1) is 0 Å². The number of nitrogens with one attached hydrogen (secondary N) is 1. The molecule has 0 unspecified atom stereocenters. The number of carbonyl (C=O) groups is 2. The summed E-state index contributed by atoms with van der Waals surface area (Å²) in [5.41, 5.74) is 0.954. The van der Waals surface area contributed by atoms with Crippen LogP contribution < -0.4 is 15.3 Å². The first-order valence-corrected chi connectivity index (χ1v) is 7.94. The minimum absolute atomic E-state index is 0.0788. The van der Waals surface area contributed by atoms with Gasteiger partial charge >= 0.3 is 12.2 Å². The number of para-hydroxylation sites is 2. The van der Waals surface area contributed by atoms with Crippen molar-refractivity contribution in [1.82, 2.24) is 15.3 Å². The van der Waals surface area contributed by atoms with Crippen molar-refractivity contribution in [2.75, 3.05) is 30.0 Å². The summed E-state index contributed by atoms with van der Waals surface area (Å²) in [6, 6.07) is 17.3. The first-order chi connectivity index (χ1) is 12.6. The van der Waals surface area contributed by atoms with E-state index in [1.807, 2.05) is 0 Å². The van der Waals surface area contributed by atoms with Gasteiger partial charge in [0.1, 0.15) is 0 Å². The quantitative estimate of drug-likeness (QED) is 0.772. The highest BCUT2D eigenvalue weighted by molar-refractivity contribution is 5.85. The van der Waals surface area contributed by atoms with Gasteiger partial charge in [-0.3, -0.25) is 5.32 Å². The monoisotopic (exact) mass is 357 g/mol. The number of benzene rings is 2. The van der Waals surface area contributed by atoms with Gasteiger partial charge in [-0.25, -0.2) is 19.6 Å². The Hall–Kier alpha value is -3.14. The lowest BCUT2D eigenvalue weighted by Crippen LogP contribution is -2.64. The third-order valence-corrected chi connectivity index (χ3v) is 3.84. The smallest absolute Gasteiger partial charge is 0.426 e. The van der Waals surface area contributed by atoms with Crippen LogP contribution in [-0.2, 0) is 0 Å². The SMILES string of the molecule is O=C(O)N(c1ccccc1)N1CNCN(N(C(=O)O)c2ccccc2)C1. The number of amides is 2. The summed E-state index contributed by atoms with van der Waals surface area (Å²) < 4.78 is 0. The number of hydrogen-bond acceptors (Lipinski definition) is 5. The molecule has 2 aromatic rings. The first-order valence-electron chi connectivity index (χ1n) is 7.94. The Kier molecular flexibility index (Phi) is 5.32. The van der Waals surface area contributed by atoms with Gasteiger partial charge in [-0.2, -0.15) is 10.0 Å². The molecule has 3 rings (SSSR count). The van der Waals surface area contributed by atoms with Gasteiger partial charge < -0.3 is 10.2 Å². The lowest BCUT2D eigenvalue weighted by molar-refractivity contribution is 0.0469. The molecule has 1 aliphatic heterocycles. The summed E-state index contributed by atoms with van der Waals surface area (Å²) in [5.74, 6) is 0. The zero-order valence-corrected chi connectivity index (χ0v) is 13.9. The minimum Gasteiger partial charge on any atom is -0.464 e. The maximum atomic E-state index is 11.8. The van der Waals surface area contributed by atoms with E-state index < -0.39 is 12.2 Å². The number of hydrazine groups is 2. The van der Waals surface area contributed by atoms with Gasteiger partial charge in [-0.1, -0.05) is 36.4 Å². The zero-order valence-electron chi connectivity index (χ0n) is 13.9. The fraction of sp³-hybridized carbons (Fsp3) is 0.176. The van der Waals surface area contributed by atoms with Crippen LogP contribution in [0.5, 0.6) is 0 Å². The van der Waals surface area contributed by atoms with Crippen LogP contribution in [0.1, 0.15) is 0 Å². The molecule has 0 spiro atoms. The van der Waals surface area contributed by atoms with Crippen LogP contribution in [0.25, 0.3) is 0 Å². The van der Waals surface area contributed by atoms with Gasteiger partial charge in [0.25, 0.3) is 0 Å². The van der Waals surface area contributed by atoms with E-state index in [4.69, 9.17) is 0 Å². The van der Waals surface area contributed by atoms with Crippen molar-refractivity contribution in [2.24, 2.45) is 0 Å². The topological polar surface area (TPSA) is 99.6 Å². The molecule has 2 aromatic carbocycles. The molecule has 0 saturated carbocycles. The lowest BCUT2D eigenvalue weighted by Gasteiger charge is -2.43. The van der Waals surface area contributed by atoms with E-state index in [1.165, 1.54) is 10.0 Å². The van der Waals surface area contributed by atoms with Crippen molar-refractivity contribution in [3.05, 3.63) is 60.7 Å². The molecule has 26 heavy (non-hydrogen) atoms. The second-order valence-electron chi connectivity index (χ2n) is 5.58. The molecular weight excluding hydrogens is 338 g/mol. The summed E-state index contributed by atoms with van der Waals surface area (Å²) in [6.07, 6.45) is -2.30. The number of rotatable bonds is 4. The molecule has 9 nitrogen and oxygen atoms in total. The van der Waals surface area contributed by atoms with E-state index in [0.717, 1.165) is 10.0 Å². The second-order valence-corrected chi connectivity index (χ2v) is 5.58. The average molecular weight is 357 g/mol. The predicted molar refractivity (Wildman–Crippen MR) is 95.3 cm³/mol. The van der Waals surface area contributed by atoms with Crippen LogP contribution in [-0.4, -0.2) is 52.4 Å². The number of carboxylic acid groups (broad SMARTS) is 2. The average Bonchev–Trinajstić information content (AvgIpc) is 2.64. The molecule has 0 aliphatic carbocycles. The molecule has 3 N–H and O–H groups in total. The fourth-order valence-electron chi connectivity index (χ4n) is 2.79. The Bertz CT molecular complexity index is 695. The zero-order chi connectivity index (χ0) is 18.5. The normalized spacial score (nSPS) is 15.4. The third-order valence-electron chi connectivity index (χ3n) is 3.84. The van der Waals surface area contributed by atoms with Crippen molar-refractivity contribution in [1.29, 1.82) is 0 Å². The summed E-state index contributed by atoms with van der Waals surface area (Å²) in [7, 11) is 0. The summed E-state index contributed by atoms with van der Waals surface area (Å²) in [6.45, 7) is 0.606. The van der Waals surface area contributed by atoms with Crippen molar-refractivity contribution in [2.45, 2.75) is 0 Å². The van der Waals surface area contributed by atoms with Crippen LogP contribution in [0.15, 0.2) is 60.7 Å². The molecule has 0 radical (unpaired) electrons. The molecule has 9 heteroatoms. The van der Waals surface area contributed by atoms with E-state index >= 15 is 0 Å². The van der Waals surface area contributed by atoms with Crippen LogP contribution in [0.2, 0.25) is 0 Å². The molecular formula is C17H19N5O4. The Morgan fingerprint density at radius 1 is 0.769 bits per heavy atom. The lowest BCUT2D eigenvalue weighted by atomic mass is 10.3. The summed E-state index contributed by atoms with van der Waals surface area (Å²) >= 11 is 0. The van der Waals surface area contributed by atoms with Crippen molar-refractivity contribution < 1.29 is 19.8 Å². The highest BCUT2D eigenvalue weighted by Gasteiger charge is 2.32. The molecule has 136 valence electrons. The van der Waals surface area contributed by atoms with Gasteiger partial charge in [0.2, 0.25) is 0 Å². The van der Waals surface area contributed by atoms with E-state index in [0.29, 0.717) is 11.4 Å². The van der Waals surface area contributed by atoms with Crippen LogP contribution in [0.4, 0.5) is 21.0 Å². The maximum Gasteiger partial charge on any atom is 0.426 e. The van der Waals surface area contributed by atoms with Crippen molar-refractivity contribution >= 4 is 23.6 Å². The minimum atomic E-state index is -1.15.